The molecule has 0 fully saturated rings. The Morgan fingerprint density at radius 2 is 2.00 bits per heavy atom. The summed E-state index contributed by atoms with van der Waals surface area (Å²) in [7, 11) is 0. The maximum Gasteiger partial charge on any atom is 0.251 e. The Hall–Kier alpha value is -1.06. The third kappa shape index (κ3) is 5.20. The van der Waals surface area contributed by atoms with Crippen LogP contribution in [0.1, 0.15) is 29.3 Å². The van der Waals surface area contributed by atoms with Gasteiger partial charge in [-0.05, 0) is 43.7 Å². The summed E-state index contributed by atoms with van der Waals surface area (Å²) in [6, 6.07) is 5.35. The first-order chi connectivity index (χ1) is 8.13. The maximum atomic E-state index is 11.8. The van der Waals surface area contributed by atoms with Crippen LogP contribution in [0.15, 0.2) is 18.2 Å². The van der Waals surface area contributed by atoms with E-state index in [2.05, 4.69) is 17.6 Å². The predicted octanol–water partition coefficient (Wildman–Crippen LogP) is 2.38. The molecule has 0 saturated heterocycles. The first-order valence-corrected chi connectivity index (χ1v) is 6.27. The van der Waals surface area contributed by atoms with E-state index in [0.717, 1.165) is 25.1 Å². The van der Waals surface area contributed by atoms with E-state index in [9.17, 15) is 4.79 Å². The molecule has 0 spiro atoms. The molecular weight excluding hydrogens is 236 g/mol. The van der Waals surface area contributed by atoms with E-state index in [0.29, 0.717) is 17.1 Å². The van der Waals surface area contributed by atoms with Gasteiger partial charge in [0.05, 0.1) is 0 Å². The van der Waals surface area contributed by atoms with Gasteiger partial charge in [0.2, 0.25) is 0 Å². The van der Waals surface area contributed by atoms with Crippen molar-refractivity contribution in [3.05, 3.63) is 34.3 Å². The van der Waals surface area contributed by atoms with Gasteiger partial charge in [-0.15, -0.1) is 0 Å². The Balaban J connectivity index is 2.41. The Morgan fingerprint density at radius 3 is 2.65 bits per heavy atom. The van der Waals surface area contributed by atoms with Crippen molar-refractivity contribution in [2.45, 2.75) is 20.3 Å². The molecule has 17 heavy (non-hydrogen) atoms. The first kappa shape index (κ1) is 14.0. The predicted molar refractivity (Wildman–Crippen MR) is 71.7 cm³/mol. The van der Waals surface area contributed by atoms with Gasteiger partial charge >= 0.3 is 0 Å². The highest BCUT2D eigenvalue weighted by molar-refractivity contribution is 6.31. The van der Waals surface area contributed by atoms with Crippen LogP contribution in [0.2, 0.25) is 5.02 Å². The topological polar surface area (TPSA) is 41.1 Å². The number of carbonyl (C=O) groups is 1. The molecule has 3 nitrogen and oxygen atoms in total. The summed E-state index contributed by atoms with van der Waals surface area (Å²) in [5, 5.41) is 6.67. The van der Waals surface area contributed by atoms with Crippen LogP contribution >= 0.6 is 11.6 Å². The van der Waals surface area contributed by atoms with Crippen molar-refractivity contribution in [2.75, 3.05) is 19.6 Å². The lowest BCUT2D eigenvalue weighted by atomic mass is 10.1. The Morgan fingerprint density at radius 1 is 1.24 bits per heavy atom. The highest BCUT2D eigenvalue weighted by Gasteiger charge is 2.05. The minimum atomic E-state index is -0.0751. The van der Waals surface area contributed by atoms with Gasteiger partial charge in [-0.1, -0.05) is 18.5 Å². The van der Waals surface area contributed by atoms with Crippen LogP contribution in [-0.2, 0) is 0 Å². The van der Waals surface area contributed by atoms with Crippen LogP contribution < -0.4 is 10.6 Å². The maximum absolute atomic E-state index is 11.8. The molecule has 0 heterocycles. The van der Waals surface area contributed by atoms with Crippen molar-refractivity contribution < 1.29 is 4.79 Å². The van der Waals surface area contributed by atoms with Crippen LogP contribution in [0.3, 0.4) is 0 Å². The Kier molecular flexibility index (Phi) is 6.01. The molecule has 1 rings (SSSR count). The number of hydrogen-bond acceptors (Lipinski definition) is 2. The fourth-order valence-corrected chi connectivity index (χ4v) is 1.83. The lowest BCUT2D eigenvalue weighted by Crippen LogP contribution is -2.32. The van der Waals surface area contributed by atoms with Gasteiger partial charge in [-0.2, -0.15) is 0 Å². The highest BCUT2D eigenvalue weighted by Crippen LogP contribution is 2.14. The second-order valence-corrected chi connectivity index (χ2v) is 4.46. The minimum Gasteiger partial charge on any atom is -0.351 e. The molecule has 0 unspecified atom stereocenters. The van der Waals surface area contributed by atoms with Gasteiger partial charge in [0.25, 0.3) is 5.91 Å². The summed E-state index contributed by atoms with van der Waals surface area (Å²) < 4.78 is 0. The molecule has 1 aromatic rings. The number of aryl methyl sites for hydroxylation is 1. The van der Waals surface area contributed by atoms with E-state index in [1.807, 2.05) is 19.1 Å². The average Bonchev–Trinajstić information content (AvgIpc) is 2.27. The molecule has 94 valence electrons. The van der Waals surface area contributed by atoms with E-state index >= 15 is 0 Å². The van der Waals surface area contributed by atoms with Crippen LogP contribution in [0.4, 0.5) is 0 Å². The average molecular weight is 255 g/mol. The zero-order chi connectivity index (χ0) is 12.7. The molecule has 1 aromatic carbocycles. The summed E-state index contributed by atoms with van der Waals surface area (Å²) in [5.41, 5.74) is 1.61. The number of benzene rings is 1. The molecule has 1 amide bonds. The summed E-state index contributed by atoms with van der Waals surface area (Å²) in [6.07, 6.45) is 1.10. The fourth-order valence-electron chi connectivity index (χ4n) is 1.54. The third-order valence-corrected chi connectivity index (χ3v) is 2.54. The van der Waals surface area contributed by atoms with Crippen molar-refractivity contribution in [3.8, 4) is 0 Å². The van der Waals surface area contributed by atoms with Gasteiger partial charge < -0.3 is 10.6 Å². The second kappa shape index (κ2) is 7.30. The molecule has 0 saturated carbocycles. The molecule has 0 bridgehead atoms. The van der Waals surface area contributed by atoms with Crippen molar-refractivity contribution >= 4 is 17.5 Å². The lowest BCUT2D eigenvalue weighted by molar-refractivity contribution is 0.0954. The Labute approximate surface area is 108 Å². The molecule has 0 aliphatic rings. The van der Waals surface area contributed by atoms with Gasteiger partial charge in [0, 0.05) is 23.7 Å². The molecular formula is C13H19ClN2O. The zero-order valence-electron chi connectivity index (χ0n) is 10.3. The van der Waals surface area contributed by atoms with Crippen LogP contribution in [0, 0.1) is 6.92 Å². The smallest absolute Gasteiger partial charge is 0.251 e. The summed E-state index contributed by atoms with van der Waals surface area (Å²) in [4.78, 5) is 11.8. The summed E-state index contributed by atoms with van der Waals surface area (Å²) in [6.45, 7) is 6.43. The number of rotatable bonds is 6. The van der Waals surface area contributed by atoms with Gasteiger partial charge in [0.15, 0.2) is 0 Å². The number of halogens is 1. The minimum absolute atomic E-state index is 0.0751. The van der Waals surface area contributed by atoms with Crippen LogP contribution in [0.25, 0.3) is 0 Å². The molecule has 4 heteroatoms. The normalized spacial score (nSPS) is 10.3. The van der Waals surface area contributed by atoms with Gasteiger partial charge in [-0.3, -0.25) is 4.79 Å². The molecule has 2 N–H and O–H groups in total. The molecule has 0 aliphatic heterocycles. The monoisotopic (exact) mass is 254 g/mol. The molecule has 0 aromatic heterocycles. The van der Waals surface area contributed by atoms with E-state index in [1.54, 1.807) is 6.07 Å². The van der Waals surface area contributed by atoms with E-state index in [4.69, 9.17) is 11.6 Å². The SMILES string of the molecule is CCCNCCNC(=O)c1cc(C)cc(Cl)c1. The highest BCUT2D eigenvalue weighted by atomic mass is 35.5. The van der Waals surface area contributed by atoms with Gasteiger partial charge in [-0.25, -0.2) is 0 Å². The van der Waals surface area contributed by atoms with Gasteiger partial charge in [0.1, 0.15) is 0 Å². The van der Waals surface area contributed by atoms with Crippen molar-refractivity contribution in [1.82, 2.24) is 10.6 Å². The first-order valence-electron chi connectivity index (χ1n) is 5.89. The summed E-state index contributed by atoms with van der Waals surface area (Å²) in [5.74, 6) is -0.0751. The molecule has 0 radical (unpaired) electrons. The number of carbonyl (C=O) groups excluding carboxylic acids is 1. The Bertz CT molecular complexity index is 359. The number of amides is 1. The second-order valence-electron chi connectivity index (χ2n) is 4.02. The van der Waals surface area contributed by atoms with E-state index < -0.39 is 0 Å². The third-order valence-electron chi connectivity index (χ3n) is 2.32. The van der Waals surface area contributed by atoms with Crippen LogP contribution in [-0.4, -0.2) is 25.5 Å². The molecule has 0 atom stereocenters. The lowest BCUT2D eigenvalue weighted by Gasteiger charge is -2.07. The summed E-state index contributed by atoms with van der Waals surface area (Å²) >= 11 is 5.90. The zero-order valence-corrected chi connectivity index (χ0v) is 11.1. The largest absolute Gasteiger partial charge is 0.351 e. The van der Waals surface area contributed by atoms with E-state index in [-0.39, 0.29) is 5.91 Å². The van der Waals surface area contributed by atoms with Crippen molar-refractivity contribution in [3.63, 3.8) is 0 Å². The molecule has 0 aliphatic carbocycles. The number of nitrogens with one attached hydrogen (secondary N) is 2. The van der Waals surface area contributed by atoms with Crippen LogP contribution in [0.5, 0.6) is 0 Å². The van der Waals surface area contributed by atoms with Crippen molar-refractivity contribution in [2.24, 2.45) is 0 Å². The quantitative estimate of drug-likeness (QED) is 0.766. The standard InChI is InChI=1S/C13H19ClN2O/c1-3-4-15-5-6-16-13(17)11-7-10(2)8-12(14)9-11/h7-9,15H,3-6H2,1-2H3,(H,16,17). The van der Waals surface area contributed by atoms with Crippen molar-refractivity contribution in [1.29, 1.82) is 0 Å². The van der Waals surface area contributed by atoms with E-state index in [1.165, 1.54) is 0 Å². The number of hydrogen-bond donors (Lipinski definition) is 2. The fraction of sp³-hybridized carbons (Fsp3) is 0.462.